The van der Waals surface area contributed by atoms with Crippen molar-refractivity contribution < 1.29 is 0 Å². The molecule has 2 aromatic rings. The third-order valence-corrected chi connectivity index (χ3v) is 5.29. The standard InChI is InChI=1S/C19H28N4/c1-3-19(10-6-11-19)14-22-18(20-2)21-12-9-16-13-15-7-4-5-8-17(15)23-16/h4-5,7-8,13,23H,3,6,9-12,14H2,1-2H3,(H2,20,21,22). The molecule has 124 valence electrons. The minimum atomic E-state index is 0.509. The molecule has 0 radical (unpaired) electrons. The lowest BCUT2D eigenvalue weighted by atomic mass is 9.67. The number of H-pyrrole nitrogens is 1. The van der Waals surface area contributed by atoms with E-state index in [1.807, 2.05) is 7.05 Å². The van der Waals surface area contributed by atoms with E-state index in [4.69, 9.17) is 0 Å². The van der Waals surface area contributed by atoms with Gasteiger partial charge in [-0.2, -0.15) is 0 Å². The second-order valence-electron chi connectivity index (χ2n) is 6.69. The monoisotopic (exact) mass is 312 g/mol. The average molecular weight is 312 g/mol. The Kier molecular flexibility index (Phi) is 4.89. The van der Waals surface area contributed by atoms with Gasteiger partial charge in [-0.15, -0.1) is 0 Å². The topological polar surface area (TPSA) is 52.2 Å². The van der Waals surface area contributed by atoms with E-state index in [-0.39, 0.29) is 0 Å². The SMILES string of the molecule is CCC1(CNC(=NC)NCCc2cc3ccccc3[nH]2)CCC1. The van der Waals surface area contributed by atoms with Gasteiger partial charge in [-0.05, 0) is 42.2 Å². The van der Waals surface area contributed by atoms with E-state index in [0.29, 0.717) is 5.41 Å². The van der Waals surface area contributed by atoms with Crippen LogP contribution in [0, 0.1) is 5.41 Å². The third-order valence-electron chi connectivity index (χ3n) is 5.29. The summed E-state index contributed by atoms with van der Waals surface area (Å²) in [5, 5.41) is 8.21. The van der Waals surface area contributed by atoms with Crippen molar-refractivity contribution in [1.29, 1.82) is 0 Å². The summed E-state index contributed by atoms with van der Waals surface area (Å²) in [6.07, 6.45) is 6.30. The fourth-order valence-corrected chi connectivity index (χ4v) is 3.41. The predicted molar refractivity (Wildman–Crippen MR) is 97.9 cm³/mol. The minimum Gasteiger partial charge on any atom is -0.358 e. The Labute approximate surface area is 138 Å². The first-order valence-electron chi connectivity index (χ1n) is 8.76. The van der Waals surface area contributed by atoms with Crippen LogP contribution in [0.5, 0.6) is 0 Å². The van der Waals surface area contributed by atoms with E-state index < -0.39 is 0 Å². The molecule has 4 heteroatoms. The van der Waals surface area contributed by atoms with Crippen molar-refractivity contribution in [3.63, 3.8) is 0 Å². The number of guanidine groups is 1. The van der Waals surface area contributed by atoms with Crippen molar-refractivity contribution in [2.24, 2.45) is 10.4 Å². The summed E-state index contributed by atoms with van der Waals surface area (Å²) in [5.41, 5.74) is 2.98. The molecule has 23 heavy (non-hydrogen) atoms. The molecule has 3 N–H and O–H groups in total. The van der Waals surface area contributed by atoms with Gasteiger partial charge in [0.2, 0.25) is 0 Å². The van der Waals surface area contributed by atoms with Gasteiger partial charge in [-0.25, -0.2) is 0 Å². The van der Waals surface area contributed by atoms with Crippen molar-refractivity contribution in [2.75, 3.05) is 20.1 Å². The van der Waals surface area contributed by atoms with Gasteiger partial charge < -0.3 is 15.6 Å². The zero-order chi connectivity index (χ0) is 16.1. The van der Waals surface area contributed by atoms with Crippen molar-refractivity contribution in [2.45, 2.75) is 39.0 Å². The van der Waals surface area contributed by atoms with Crippen LogP contribution in [0.4, 0.5) is 0 Å². The lowest BCUT2D eigenvalue weighted by Gasteiger charge is -2.41. The van der Waals surface area contributed by atoms with Gasteiger partial charge >= 0.3 is 0 Å². The second kappa shape index (κ2) is 7.07. The van der Waals surface area contributed by atoms with Gasteiger partial charge in [-0.1, -0.05) is 31.5 Å². The molecule has 0 spiro atoms. The summed E-state index contributed by atoms with van der Waals surface area (Å²) >= 11 is 0. The Morgan fingerprint density at radius 1 is 1.26 bits per heavy atom. The summed E-state index contributed by atoms with van der Waals surface area (Å²) in [4.78, 5) is 7.81. The van der Waals surface area contributed by atoms with Crippen molar-refractivity contribution in [3.8, 4) is 0 Å². The molecule has 0 bridgehead atoms. The number of aromatic nitrogens is 1. The number of hydrogen-bond donors (Lipinski definition) is 3. The molecule has 1 heterocycles. The summed E-state index contributed by atoms with van der Waals surface area (Å²) in [7, 11) is 1.84. The maximum atomic E-state index is 4.34. The van der Waals surface area contributed by atoms with Crippen molar-refractivity contribution in [1.82, 2.24) is 15.6 Å². The van der Waals surface area contributed by atoms with Crippen LogP contribution < -0.4 is 10.6 Å². The van der Waals surface area contributed by atoms with Crippen LogP contribution in [-0.2, 0) is 6.42 Å². The van der Waals surface area contributed by atoms with E-state index >= 15 is 0 Å². The lowest BCUT2D eigenvalue weighted by Crippen LogP contribution is -2.46. The van der Waals surface area contributed by atoms with Crippen LogP contribution in [0.1, 0.15) is 38.3 Å². The number of benzene rings is 1. The Balaban J connectivity index is 1.46. The smallest absolute Gasteiger partial charge is 0.191 e. The highest BCUT2D eigenvalue weighted by molar-refractivity contribution is 5.81. The van der Waals surface area contributed by atoms with Gasteiger partial charge in [-0.3, -0.25) is 4.99 Å². The van der Waals surface area contributed by atoms with Gasteiger partial charge in [0.15, 0.2) is 5.96 Å². The molecule has 0 aliphatic heterocycles. The number of aliphatic imine (C=N–C) groups is 1. The normalized spacial score (nSPS) is 17.0. The average Bonchev–Trinajstić information content (AvgIpc) is 2.95. The molecule has 1 aromatic carbocycles. The fraction of sp³-hybridized carbons (Fsp3) is 0.526. The number of aromatic amines is 1. The third kappa shape index (κ3) is 3.69. The molecule has 1 aromatic heterocycles. The quantitative estimate of drug-likeness (QED) is 0.565. The summed E-state index contributed by atoms with van der Waals surface area (Å²) in [6.45, 7) is 4.22. The van der Waals surface area contributed by atoms with E-state index in [0.717, 1.165) is 25.5 Å². The highest BCUT2D eigenvalue weighted by Crippen LogP contribution is 2.42. The van der Waals surface area contributed by atoms with Crippen molar-refractivity contribution >= 4 is 16.9 Å². The van der Waals surface area contributed by atoms with Crippen LogP contribution in [0.3, 0.4) is 0 Å². The summed E-state index contributed by atoms with van der Waals surface area (Å²) < 4.78 is 0. The number of hydrogen-bond acceptors (Lipinski definition) is 1. The van der Waals surface area contributed by atoms with Crippen LogP contribution >= 0.6 is 0 Å². The molecule has 0 amide bonds. The van der Waals surface area contributed by atoms with Crippen LogP contribution in [0.25, 0.3) is 10.9 Å². The zero-order valence-electron chi connectivity index (χ0n) is 14.3. The first-order chi connectivity index (χ1) is 11.2. The molecule has 1 aliphatic rings. The van der Waals surface area contributed by atoms with Crippen LogP contribution in [-0.4, -0.2) is 31.1 Å². The van der Waals surface area contributed by atoms with Gasteiger partial charge in [0.25, 0.3) is 0 Å². The van der Waals surface area contributed by atoms with Crippen molar-refractivity contribution in [3.05, 3.63) is 36.0 Å². The summed E-state index contributed by atoms with van der Waals surface area (Å²) in [6, 6.07) is 10.6. The molecule has 1 fully saturated rings. The molecular formula is C19H28N4. The lowest BCUT2D eigenvalue weighted by molar-refractivity contribution is 0.131. The van der Waals surface area contributed by atoms with E-state index in [2.05, 4.69) is 57.9 Å². The highest BCUT2D eigenvalue weighted by Gasteiger charge is 2.34. The van der Waals surface area contributed by atoms with E-state index in [9.17, 15) is 0 Å². The minimum absolute atomic E-state index is 0.509. The Morgan fingerprint density at radius 2 is 2.09 bits per heavy atom. The molecular weight excluding hydrogens is 284 g/mol. The zero-order valence-corrected chi connectivity index (χ0v) is 14.3. The maximum absolute atomic E-state index is 4.34. The first kappa shape index (κ1) is 15.9. The second-order valence-corrected chi connectivity index (χ2v) is 6.69. The maximum Gasteiger partial charge on any atom is 0.191 e. The number of fused-ring (bicyclic) bond motifs is 1. The van der Waals surface area contributed by atoms with E-state index in [1.54, 1.807) is 0 Å². The van der Waals surface area contributed by atoms with Gasteiger partial charge in [0, 0.05) is 37.8 Å². The number of nitrogens with one attached hydrogen (secondary N) is 3. The molecule has 1 saturated carbocycles. The summed E-state index contributed by atoms with van der Waals surface area (Å²) in [5.74, 6) is 0.917. The van der Waals surface area contributed by atoms with Crippen LogP contribution in [0.2, 0.25) is 0 Å². The van der Waals surface area contributed by atoms with Crippen LogP contribution in [0.15, 0.2) is 35.3 Å². The number of rotatable bonds is 6. The molecule has 1 aliphatic carbocycles. The molecule has 0 saturated heterocycles. The first-order valence-corrected chi connectivity index (χ1v) is 8.76. The Hall–Kier alpha value is -1.97. The van der Waals surface area contributed by atoms with Gasteiger partial charge in [0.05, 0.1) is 0 Å². The molecule has 0 unspecified atom stereocenters. The largest absolute Gasteiger partial charge is 0.358 e. The highest BCUT2D eigenvalue weighted by atomic mass is 15.2. The number of nitrogens with zero attached hydrogens (tertiary/aromatic N) is 1. The molecule has 3 rings (SSSR count). The number of para-hydroxylation sites is 1. The molecule has 0 atom stereocenters. The molecule has 4 nitrogen and oxygen atoms in total. The Bertz CT molecular complexity index is 628. The predicted octanol–water partition coefficient (Wildman–Crippen LogP) is 3.46. The van der Waals surface area contributed by atoms with E-state index in [1.165, 1.54) is 42.3 Å². The Morgan fingerprint density at radius 3 is 2.74 bits per heavy atom. The van der Waals surface area contributed by atoms with Gasteiger partial charge in [0.1, 0.15) is 0 Å². The fourth-order valence-electron chi connectivity index (χ4n) is 3.41.